The number of alkyl halides is 1. The van der Waals surface area contributed by atoms with Crippen molar-refractivity contribution < 1.29 is 4.79 Å². The first-order chi connectivity index (χ1) is 7.74. The number of carbonyl (C=O) groups is 1. The lowest BCUT2D eigenvalue weighted by atomic mass is 10.0. The van der Waals surface area contributed by atoms with Gasteiger partial charge < -0.3 is 0 Å². The molecular formula is C14H13ClO. The Balaban J connectivity index is 2.51. The second kappa shape index (κ2) is 4.67. The van der Waals surface area contributed by atoms with E-state index in [1.807, 2.05) is 18.2 Å². The molecule has 82 valence electrons. The summed E-state index contributed by atoms with van der Waals surface area (Å²) in [5, 5.41) is 2.26. The standard InChI is InChI=1S/C14H13ClO/c1-2-10-3-4-12-8-13(14(16)9-15)6-5-11(12)7-10/h3-8H,2,9H2,1H3. The van der Waals surface area contributed by atoms with Crippen LogP contribution in [0, 0.1) is 0 Å². The molecule has 1 nitrogen and oxygen atoms in total. The van der Waals surface area contributed by atoms with Crippen molar-refractivity contribution in [3.05, 3.63) is 47.5 Å². The average molecular weight is 233 g/mol. The van der Waals surface area contributed by atoms with Gasteiger partial charge in [-0.1, -0.05) is 37.3 Å². The second-order valence-corrected chi connectivity index (χ2v) is 4.07. The van der Waals surface area contributed by atoms with Gasteiger partial charge in [-0.25, -0.2) is 0 Å². The van der Waals surface area contributed by atoms with Crippen molar-refractivity contribution in [1.82, 2.24) is 0 Å². The van der Waals surface area contributed by atoms with Crippen LogP contribution in [0.3, 0.4) is 0 Å². The molecule has 0 spiro atoms. The fourth-order valence-corrected chi connectivity index (χ4v) is 1.92. The molecule has 0 radical (unpaired) electrons. The molecule has 2 aromatic rings. The number of benzene rings is 2. The van der Waals surface area contributed by atoms with Crippen LogP contribution in [0.2, 0.25) is 0 Å². The Morgan fingerprint density at radius 1 is 1.12 bits per heavy atom. The Morgan fingerprint density at radius 2 is 1.81 bits per heavy atom. The van der Waals surface area contributed by atoms with Gasteiger partial charge in [0.15, 0.2) is 5.78 Å². The minimum Gasteiger partial charge on any atom is -0.293 e. The molecule has 0 fully saturated rings. The molecule has 0 bridgehead atoms. The fraction of sp³-hybridized carbons (Fsp3) is 0.214. The Morgan fingerprint density at radius 3 is 2.50 bits per heavy atom. The molecule has 2 aromatic carbocycles. The molecule has 0 aromatic heterocycles. The van der Waals surface area contributed by atoms with E-state index in [1.54, 1.807) is 0 Å². The normalized spacial score (nSPS) is 10.6. The maximum atomic E-state index is 11.4. The fourth-order valence-electron chi connectivity index (χ4n) is 1.77. The third kappa shape index (κ3) is 2.10. The molecule has 0 heterocycles. The van der Waals surface area contributed by atoms with Crippen LogP contribution < -0.4 is 0 Å². The largest absolute Gasteiger partial charge is 0.293 e. The number of aryl methyl sites for hydroxylation is 1. The van der Waals surface area contributed by atoms with Gasteiger partial charge in [0.2, 0.25) is 0 Å². The monoisotopic (exact) mass is 232 g/mol. The van der Waals surface area contributed by atoms with Gasteiger partial charge in [0.1, 0.15) is 0 Å². The highest BCUT2D eigenvalue weighted by Crippen LogP contribution is 2.18. The van der Waals surface area contributed by atoms with E-state index in [-0.39, 0.29) is 11.7 Å². The van der Waals surface area contributed by atoms with Crippen LogP contribution in [-0.4, -0.2) is 11.7 Å². The van der Waals surface area contributed by atoms with Crippen molar-refractivity contribution >= 4 is 28.2 Å². The number of rotatable bonds is 3. The Kier molecular flexibility index (Phi) is 3.25. The van der Waals surface area contributed by atoms with Gasteiger partial charge >= 0.3 is 0 Å². The SMILES string of the molecule is CCc1ccc2cc(C(=O)CCl)ccc2c1. The Bertz CT molecular complexity index is 531. The maximum absolute atomic E-state index is 11.4. The highest BCUT2D eigenvalue weighted by Gasteiger charge is 2.04. The molecule has 0 atom stereocenters. The lowest BCUT2D eigenvalue weighted by Gasteiger charge is -2.03. The first-order valence-corrected chi connectivity index (χ1v) is 5.90. The zero-order valence-corrected chi connectivity index (χ0v) is 9.92. The topological polar surface area (TPSA) is 17.1 Å². The number of ketones is 1. The Hall–Kier alpha value is -1.34. The molecule has 0 saturated carbocycles. The predicted molar refractivity (Wildman–Crippen MR) is 68.4 cm³/mol. The van der Waals surface area contributed by atoms with E-state index in [0.717, 1.165) is 11.8 Å². The third-order valence-electron chi connectivity index (χ3n) is 2.76. The van der Waals surface area contributed by atoms with Crippen molar-refractivity contribution in [2.24, 2.45) is 0 Å². The van der Waals surface area contributed by atoms with Crippen LogP contribution >= 0.6 is 11.6 Å². The van der Waals surface area contributed by atoms with Crippen LogP contribution in [0.5, 0.6) is 0 Å². The minimum atomic E-state index is -0.0249. The van der Waals surface area contributed by atoms with Crippen molar-refractivity contribution in [2.75, 3.05) is 5.88 Å². The second-order valence-electron chi connectivity index (χ2n) is 3.81. The van der Waals surface area contributed by atoms with E-state index in [2.05, 4.69) is 25.1 Å². The molecule has 0 N–H and O–H groups in total. The van der Waals surface area contributed by atoms with E-state index in [4.69, 9.17) is 11.6 Å². The van der Waals surface area contributed by atoms with Gasteiger partial charge in [-0.2, -0.15) is 0 Å². The number of Topliss-reactive ketones (excluding diaryl/α,β-unsaturated/α-hetero) is 1. The first kappa shape index (κ1) is 11.2. The summed E-state index contributed by atoms with van der Waals surface area (Å²) in [5.74, 6) is 0.0154. The van der Waals surface area contributed by atoms with Crippen LogP contribution in [0.25, 0.3) is 10.8 Å². The van der Waals surface area contributed by atoms with Crippen molar-refractivity contribution in [1.29, 1.82) is 0 Å². The van der Waals surface area contributed by atoms with Crippen LogP contribution in [0.15, 0.2) is 36.4 Å². The zero-order valence-electron chi connectivity index (χ0n) is 9.16. The van der Waals surface area contributed by atoms with E-state index in [0.29, 0.717) is 5.56 Å². The van der Waals surface area contributed by atoms with Crippen molar-refractivity contribution in [2.45, 2.75) is 13.3 Å². The van der Waals surface area contributed by atoms with Crippen LogP contribution in [0.4, 0.5) is 0 Å². The zero-order chi connectivity index (χ0) is 11.5. The number of halogens is 1. The van der Waals surface area contributed by atoms with Crippen LogP contribution in [0.1, 0.15) is 22.8 Å². The first-order valence-electron chi connectivity index (χ1n) is 5.36. The molecule has 0 aliphatic rings. The van der Waals surface area contributed by atoms with E-state index < -0.39 is 0 Å². The summed E-state index contributed by atoms with van der Waals surface area (Å²) in [6.07, 6.45) is 1.03. The molecule has 0 amide bonds. The number of hydrogen-bond donors (Lipinski definition) is 0. The maximum Gasteiger partial charge on any atom is 0.177 e. The molecule has 2 heteroatoms. The van der Waals surface area contributed by atoms with Gasteiger partial charge in [0.05, 0.1) is 5.88 Å². The average Bonchev–Trinajstić information content (AvgIpc) is 2.36. The highest BCUT2D eigenvalue weighted by molar-refractivity contribution is 6.30. The summed E-state index contributed by atoms with van der Waals surface area (Å²) in [6, 6.07) is 12.0. The van der Waals surface area contributed by atoms with Gasteiger partial charge in [-0.3, -0.25) is 4.79 Å². The third-order valence-corrected chi connectivity index (χ3v) is 3.00. The van der Waals surface area contributed by atoms with Gasteiger partial charge in [0, 0.05) is 5.56 Å². The molecular weight excluding hydrogens is 220 g/mol. The van der Waals surface area contributed by atoms with E-state index >= 15 is 0 Å². The summed E-state index contributed by atoms with van der Waals surface area (Å²) in [7, 11) is 0. The molecule has 0 saturated heterocycles. The van der Waals surface area contributed by atoms with E-state index in [1.165, 1.54) is 10.9 Å². The molecule has 2 rings (SSSR count). The van der Waals surface area contributed by atoms with Crippen molar-refractivity contribution in [3.8, 4) is 0 Å². The molecule has 0 aliphatic carbocycles. The lowest BCUT2D eigenvalue weighted by molar-refractivity contribution is 0.102. The van der Waals surface area contributed by atoms with E-state index in [9.17, 15) is 4.79 Å². The smallest absolute Gasteiger partial charge is 0.177 e. The summed E-state index contributed by atoms with van der Waals surface area (Å²) in [6.45, 7) is 2.13. The van der Waals surface area contributed by atoms with Gasteiger partial charge in [-0.15, -0.1) is 11.6 Å². The quantitative estimate of drug-likeness (QED) is 0.581. The van der Waals surface area contributed by atoms with Gasteiger partial charge in [0.25, 0.3) is 0 Å². The lowest BCUT2D eigenvalue weighted by Crippen LogP contribution is -1.99. The van der Waals surface area contributed by atoms with Gasteiger partial charge in [-0.05, 0) is 28.8 Å². The highest BCUT2D eigenvalue weighted by atomic mass is 35.5. The number of fused-ring (bicyclic) bond motifs is 1. The summed E-state index contributed by atoms with van der Waals surface area (Å²) in [5.41, 5.74) is 2.00. The summed E-state index contributed by atoms with van der Waals surface area (Å²) >= 11 is 5.54. The number of carbonyl (C=O) groups excluding carboxylic acids is 1. The minimum absolute atomic E-state index is 0.0249. The summed E-state index contributed by atoms with van der Waals surface area (Å²) in [4.78, 5) is 11.4. The van der Waals surface area contributed by atoms with Crippen molar-refractivity contribution in [3.63, 3.8) is 0 Å². The predicted octanol–water partition coefficient (Wildman–Crippen LogP) is 3.82. The number of hydrogen-bond acceptors (Lipinski definition) is 1. The summed E-state index contributed by atoms with van der Waals surface area (Å²) < 4.78 is 0. The molecule has 0 unspecified atom stereocenters. The molecule has 0 aliphatic heterocycles. The Labute approximate surface area is 100 Å². The molecule has 16 heavy (non-hydrogen) atoms. The van der Waals surface area contributed by atoms with Crippen LogP contribution in [-0.2, 0) is 6.42 Å².